The van der Waals surface area contributed by atoms with Gasteiger partial charge in [0.2, 0.25) is 0 Å². The van der Waals surface area contributed by atoms with Crippen molar-refractivity contribution in [3.8, 4) is 0 Å². The zero-order chi connectivity index (χ0) is 11.3. The lowest BCUT2D eigenvalue weighted by Gasteiger charge is -2.05. The van der Waals surface area contributed by atoms with Gasteiger partial charge in [-0.2, -0.15) is 0 Å². The van der Waals surface area contributed by atoms with Crippen LogP contribution in [0.5, 0.6) is 0 Å². The zero-order valence-corrected chi connectivity index (χ0v) is 9.67. The monoisotopic (exact) mass is 276 g/mol. The average Bonchev–Trinajstić information content (AvgIpc) is 2.17. The van der Waals surface area contributed by atoms with E-state index in [2.05, 4.69) is 31.0 Å². The first-order chi connectivity index (χ1) is 7.13. The van der Waals surface area contributed by atoms with Gasteiger partial charge in [-0.05, 0) is 28.9 Å². The van der Waals surface area contributed by atoms with E-state index in [1.165, 1.54) is 12.3 Å². The number of nitrogens with zero attached hydrogens (tertiary/aromatic N) is 1. The van der Waals surface area contributed by atoms with Crippen molar-refractivity contribution in [2.75, 3.05) is 18.5 Å². The van der Waals surface area contributed by atoms with Crippen LogP contribution in [0.2, 0.25) is 0 Å². The van der Waals surface area contributed by atoms with E-state index < -0.39 is 11.8 Å². The fourth-order valence-electron chi connectivity index (χ4n) is 0.913. The Morgan fingerprint density at radius 1 is 1.73 bits per heavy atom. The third-order valence-corrected chi connectivity index (χ3v) is 1.95. The predicted octanol–water partition coefficient (Wildman–Crippen LogP) is 1.96. The molecule has 0 atom stereocenters. The van der Waals surface area contributed by atoms with Gasteiger partial charge in [0, 0.05) is 10.7 Å². The van der Waals surface area contributed by atoms with Crippen molar-refractivity contribution in [1.82, 2.24) is 4.98 Å². The first kappa shape index (κ1) is 11.9. The number of halogens is 2. The molecule has 1 aromatic heterocycles. The Bertz CT molecular complexity index is 360. The first-order valence-corrected chi connectivity index (χ1v) is 5.13. The minimum Gasteiger partial charge on any atom is -0.465 e. The van der Waals surface area contributed by atoms with Gasteiger partial charge in [-0.1, -0.05) is 0 Å². The van der Waals surface area contributed by atoms with E-state index in [4.69, 9.17) is 0 Å². The van der Waals surface area contributed by atoms with Crippen LogP contribution in [-0.4, -0.2) is 24.1 Å². The molecule has 0 fully saturated rings. The average molecular weight is 277 g/mol. The Morgan fingerprint density at radius 2 is 2.47 bits per heavy atom. The van der Waals surface area contributed by atoms with Crippen molar-refractivity contribution in [2.45, 2.75) is 6.92 Å². The molecule has 0 aliphatic carbocycles. The number of hydrogen-bond donors (Lipinski definition) is 1. The Labute approximate surface area is 95.0 Å². The standard InChI is InChI=1S/C9H10BrFN2O2/c1-2-15-8(14)5-13-9-7(11)3-6(10)4-12-9/h3-4H,2,5H2,1H3,(H,12,13). The molecule has 82 valence electrons. The summed E-state index contributed by atoms with van der Waals surface area (Å²) < 4.78 is 18.4. The lowest BCUT2D eigenvalue weighted by Crippen LogP contribution is -2.17. The highest BCUT2D eigenvalue weighted by atomic mass is 79.9. The van der Waals surface area contributed by atoms with Gasteiger partial charge in [-0.25, -0.2) is 9.37 Å². The Morgan fingerprint density at radius 3 is 3.07 bits per heavy atom. The molecule has 15 heavy (non-hydrogen) atoms. The summed E-state index contributed by atoms with van der Waals surface area (Å²) in [5, 5.41) is 2.54. The van der Waals surface area contributed by atoms with Crippen molar-refractivity contribution < 1.29 is 13.9 Å². The topological polar surface area (TPSA) is 51.2 Å². The second kappa shape index (κ2) is 5.65. The quantitative estimate of drug-likeness (QED) is 0.855. The van der Waals surface area contributed by atoms with E-state index in [9.17, 15) is 9.18 Å². The molecule has 0 unspecified atom stereocenters. The number of rotatable bonds is 4. The van der Waals surface area contributed by atoms with Crippen molar-refractivity contribution in [1.29, 1.82) is 0 Å². The van der Waals surface area contributed by atoms with E-state index >= 15 is 0 Å². The van der Waals surface area contributed by atoms with Crippen LogP contribution in [0.1, 0.15) is 6.92 Å². The Balaban J connectivity index is 2.54. The Hall–Kier alpha value is -1.17. The molecule has 4 nitrogen and oxygen atoms in total. The smallest absolute Gasteiger partial charge is 0.325 e. The van der Waals surface area contributed by atoms with Crippen LogP contribution >= 0.6 is 15.9 Å². The number of aromatic nitrogens is 1. The SMILES string of the molecule is CCOC(=O)CNc1ncc(Br)cc1F. The number of carbonyl (C=O) groups excluding carboxylic acids is 1. The molecule has 1 heterocycles. The highest BCUT2D eigenvalue weighted by molar-refractivity contribution is 9.10. The molecule has 0 radical (unpaired) electrons. The van der Waals surface area contributed by atoms with E-state index in [-0.39, 0.29) is 12.4 Å². The highest BCUT2D eigenvalue weighted by Gasteiger charge is 2.06. The van der Waals surface area contributed by atoms with Gasteiger partial charge in [-0.3, -0.25) is 4.79 Å². The van der Waals surface area contributed by atoms with Crippen LogP contribution in [0, 0.1) is 5.82 Å². The van der Waals surface area contributed by atoms with Crippen LogP contribution in [0.15, 0.2) is 16.7 Å². The summed E-state index contributed by atoms with van der Waals surface area (Å²) in [5.74, 6) is -0.929. The lowest BCUT2D eigenvalue weighted by molar-refractivity contribution is -0.140. The zero-order valence-electron chi connectivity index (χ0n) is 8.09. The van der Waals surface area contributed by atoms with Crippen LogP contribution in [0.25, 0.3) is 0 Å². The molecule has 0 aliphatic heterocycles. The fraction of sp³-hybridized carbons (Fsp3) is 0.333. The van der Waals surface area contributed by atoms with Crippen LogP contribution in [0.4, 0.5) is 10.2 Å². The maximum Gasteiger partial charge on any atom is 0.325 e. The van der Waals surface area contributed by atoms with Gasteiger partial charge >= 0.3 is 5.97 Å². The summed E-state index contributed by atoms with van der Waals surface area (Å²) in [6.45, 7) is 1.91. The number of anilines is 1. The van der Waals surface area contributed by atoms with Crippen molar-refractivity contribution in [3.05, 3.63) is 22.6 Å². The maximum atomic E-state index is 13.2. The lowest BCUT2D eigenvalue weighted by atomic mass is 10.4. The maximum absolute atomic E-state index is 13.2. The third kappa shape index (κ3) is 3.83. The van der Waals surface area contributed by atoms with Gasteiger partial charge in [0.1, 0.15) is 6.54 Å². The molecule has 0 saturated carbocycles. The summed E-state index contributed by atoms with van der Waals surface area (Å²) >= 11 is 3.08. The molecule has 1 aromatic rings. The van der Waals surface area contributed by atoms with Crippen LogP contribution < -0.4 is 5.32 Å². The molecular weight excluding hydrogens is 267 g/mol. The molecule has 0 spiro atoms. The second-order valence-corrected chi connectivity index (χ2v) is 3.56. The summed E-state index contributed by atoms with van der Waals surface area (Å²) in [7, 11) is 0. The van der Waals surface area contributed by atoms with Gasteiger partial charge in [-0.15, -0.1) is 0 Å². The first-order valence-electron chi connectivity index (χ1n) is 4.34. The number of carbonyl (C=O) groups is 1. The summed E-state index contributed by atoms with van der Waals surface area (Å²) in [6, 6.07) is 1.26. The summed E-state index contributed by atoms with van der Waals surface area (Å²) in [6.07, 6.45) is 1.44. The normalized spacial score (nSPS) is 9.80. The summed E-state index contributed by atoms with van der Waals surface area (Å²) in [5.41, 5.74) is 0. The number of ether oxygens (including phenoxy) is 1. The molecule has 0 amide bonds. The third-order valence-electron chi connectivity index (χ3n) is 1.51. The molecule has 6 heteroatoms. The molecular formula is C9H10BrFN2O2. The minimum atomic E-state index is -0.520. The second-order valence-electron chi connectivity index (χ2n) is 2.64. The van der Waals surface area contributed by atoms with Crippen LogP contribution in [0.3, 0.4) is 0 Å². The predicted molar refractivity (Wildman–Crippen MR) is 57.0 cm³/mol. The molecule has 0 saturated heterocycles. The van der Waals surface area contributed by atoms with E-state index in [1.807, 2.05) is 0 Å². The van der Waals surface area contributed by atoms with Crippen molar-refractivity contribution >= 4 is 27.7 Å². The summed E-state index contributed by atoms with van der Waals surface area (Å²) in [4.78, 5) is 14.7. The molecule has 1 rings (SSSR count). The number of hydrogen-bond acceptors (Lipinski definition) is 4. The van der Waals surface area contributed by atoms with Crippen molar-refractivity contribution in [3.63, 3.8) is 0 Å². The van der Waals surface area contributed by atoms with Gasteiger partial charge in [0.15, 0.2) is 11.6 Å². The van der Waals surface area contributed by atoms with E-state index in [0.717, 1.165) is 0 Å². The minimum absolute atomic E-state index is 0.0336. The molecule has 1 N–H and O–H groups in total. The number of pyridine rings is 1. The van der Waals surface area contributed by atoms with Gasteiger partial charge in [0.25, 0.3) is 0 Å². The number of nitrogens with one attached hydrogen (secondary N) is 1. The fourth-order valence-corrected chi connectivity index (χ4v) is 1.22. The van der Waals surface area contributed by atoms with Gasteiger partial charge in [0.05, 0.1) is 6.61 Å². The number of esters is 1. The van der Waals surface area contributed by atoms with E-state index in [1.54, 1.807) is 6.92 Å². The highest BCUT2D eigenvalue weighted by Crippen LogP contribution is 2.15. The molecule has 0 aromatic carbocycles. The van der Waals surface area contributed by atoms with Crippen LogP contribution in [-0.2, 0) is 9.53 Å². The van der Waals surface area contributed by atoms with Crippen molar-refractivity contribution in [2.24, 2.45) is 0 Å². The van der Waals surface area contributed by atoms with E-state index in [0.29, 0.717) is 11.1 Å². The molecule has 0 bridgehead atoms. The largest absolute Gasteiger partial charge is 0.465 e. The Kier molecular flexibility index (Phi) is 4.48. The molecule has 0 aliphatic rings. The van der Waals surface area contributed by atoms with Gasteiger partial charge < -0.3 is 10.1 Å².